The lowest BCUT2D eigenvalue weighted by Gasteiger charge is -2.41. The van der Waals surface area contributed by atoms with Gasteiger partial charge in [0.15, 0.2) is 5.78 Å². The molecule has 0 unspecified atom stereocenters. The first kappa shape index (κ1) is 23.6. The highest BCUT2D eigenvalue weighted by molar-refractivity contribution is 7.18. The van der Waals surface area contributed by atoms with E-state index in [-0.39, 0.29) is 18.1 Å². The van der Waals surface area contributed by atoms with Crippen LogP contribution in [-0.2, 0) is 22.8 Å². The van der Waals surface area contributed by atoms with Crippen molar-refractivity contribution in [3.63, 3.8) is 0 Å². The predicted molar refractivity (Wildman–Crippen MR) is 130 cm³/mol. The van der Waals surface area contributed by atoms with Crippen molar-refractivity contribution in [3.05, 3.63) is 74.7 Å². The average Bonchev–Trinajstić information content (AvgIpc) is 3.43. The minimum absolute atomic E-state index is 0.107. The molecule has 10 heteroatoms. The van der Waals surface area contributed by atoms with Gasteiger partial charge in [-0.15, -0.1) is 22.7 Å². The number of aromatic nitrogens is 2. The van der Waals surface area contributed by atoms with Gasteiger partial charge in [0.05, 0.1) is 33.1 Å². The van der Waals surface area contributed by atoms with Crippen molar-refractivity contribution < 1.29 is 22.8 Å². The Kier molecular flexibility index (Phi) is 5.96. The number of aryl methyl sites for hydroxylation is 1. The van der Waals surface area contributed by atoms with Crippen LogP contribution in [0.25, 0.3) is 10.2 Å². The number of halogens is 3. The standard InChI is InChI=1S/C25H20F3N3O2S2/c1-14-8-17(10-20-22(14)31-21(35-20)11-19(32)18-12-34-13-29-18)30-23(33)24(6-3-7-24)15-4-2-5-16(9-15)25(26,27)28/h2,4-5,8-10,12-13H,3,6-7,11H2,1H3,(H,30,33). The fourth-order valence-electron chi connectivity index (χ4n) is 4.39. The van der Waals surface area contributed by atoms with Crippen LogP contribution in [0, 0.1) is 6.92 Å². The van der Waals surface area contributed by atoms with Crippen molar-refractivity contribution in [1.82, 2.24) is 9.97 Å². The Labute approximate surface area is 207 Å². The van der Waals surface area contributed by atoms with Crippen molar-refractivity contribution in [3.8, 4) is 0 Å². The summed E-state index contributed by atoms with van der Waals surface area (Å²) in [4.78, 5) is 34.4. The molecule has 0 spiro atoms. The van der Waals surface area contributed by atoms with E-state index in [4.69, 9.17) is 0 Å². The van der Waals surface area contributed by atoms with Gasteiger partial charge in [-0.05, 0) is 49.1 Å². The highest BCUT2D eigenvalue weighted by atomic mass is 32.1. The molecule has 2 aromatic carbocycles. The number of thiazole rings is 2. The summed E-state index contributed by atoms with van der Waals surface area (Å²) in [6, 6.07) is 8.65. The smallest absolute Gasteiger partial charge is 0.325 e. The lowest BCUT2D eigenvalue weighted by molar-refractivity contribution is -0.138. The Morgan fingerprint density at radius 3 is 2.63 bits per heavy atom. The molecule has 0 radical (unpaired) electrons. The molecule has 0 atom stereocenters. The summed E-state index contributed by atoms with van der Waals surface area (Å²) in [7, 11) is 0. The largest absolute Gasteiger partial charge is 0.416 e. The fraction of sp³-hybridized carbons (Fsp3) is 0.280. The molecule has 0 saturated heterocycles. The molecular weight excluding hydrogens is 495 g/mol. The SMILES string of the molecule is Cc1cc(NC(=O)C2(c3cccc(C(F)(F)F)c3)CCC2)cc2sc(CC(=O)c3cscn3)nc12. The van der Waals surface area contributed by atoms with Crippen LogP contribution in [0.4, 0.5) is 18.9 Å². The number of benzene rings is 2. The second kappa shape index (κ2) is 8.83. The first-order chi connectivity index (χ1) is 16.7. The van der Waals surface area contributed by atoms with Gasteiger partial charge in [-0.3, -0.25) is 9.59 Å². The summed E-state index contributed by atoms with van der Waals surface area (Å²) in [6.07, 6.45) is -2.57. The molecule has 0 bridgehead atoms. The molecule has 1 saturated carbocycles. The van der Waals surface area contributed by atoms with Crippen molar-refractivity contribution in [1.29, 1.82) is 0 Å². The summed E-state index contributed by atoms with van der Waals surface area (Å²) in [5, 5.41) is 5.29. The zero-order chi connectivity index (χ0) is 24.8. The van der Waals surface area contributed by atoms with E-state index in [9.17, 15) is 22.8 Å². The first-order valence-electron chi connectivity index (χ1n) is 11.0. The minimum Gasteiger partial charge on any atom is -0.325 e. The number of ketones is 1. The Balaban J connectivity index is 1.40. The molecular formula is C25H20F3N3O2S2. The molecule has 1 aliphatic carbocycles. The van der Waals surface area contributed by atoms with Crippen molar-refractivity contribution >= 4 is 50.3 Å². The molecule has 1 fully saturated rings. The maximum absolute atomic E-state index is 13.4. The van der Waals surface area contributed by atoms with Crippen LogP contribution in [0.1, 0.15) is 51.4 Å². The molecule has 1 N–H and O–H groups in total. The monoisotopic (exact) mass is 515 g/mol. The van der Waals surface area contributed by atoms with Crippen molar-refractivity contribution in [2.45, 2.75) is 44.2 Å². The molecule has 4 aromatic rings. The molecule has 1 amide bonds. The van der Waals surface area contributed by atoms with E-state index in [1.165, 1.54) is 28.7 Å². The number of fused-ring (bicyclic) bond motifs is 1. The third kappa shape index (κ3) is 4.48. The van der Waals surface area contributed by atoms with E-state index < -0.39 is 17.2 Å². The van der Waals surface area contributed by atoms with Crippen LogP contribution >= 0.6 is 22.7 Å². The summed E-state index contributed by atoms with van der Waals surface area (Å²) in [5.74, 6) is -0.422. The number of nitrogens with zero attached hydrogens (tertiary/aromatic N) is 2. The molecule has 35 heavy (non-hydrogen) atoms. The molecule has 0 aliphatic heterocycles. The summed E-state index contributed by atoms with van der Waals surface area (Å²) in [6.45, 7) is 1.87. The van der Waals surface area contributed by atoms with Crippen LogP contribution in [0.3, 0.4) is 0 Å². The van der Waals surface area contributed by atoms with E-state index in [0.29, 0.717) is 34.8 Å². The second-order valence-electron chi connectivity index (χ2n) is 8.69. The topological polar surface area (TPSA) is 72.0 Å². The number of alkyl halides is 3. The van der Waals surface area contributed by atoms with Crippen LogP contribution in [0.15, 0.2) is 47.3 Å². The van der Waals surface area contributed by atoms with Crippen LogP contribution in [-0.4, -0.2) is 21.7 Å². The molecule has 180 valence electrons. The summed E-state index contributed by atoms with van der Waals surface area (Å²) >= 11 is 2.73. The van der Waals surface area contributed by atoms with Gasteiger partial charge in [-0.25, -0.2) is 9.97 Å². The highest BCUT2D eigenvalue weighted by Crippen LogP contribution is 2.46. The van der Waals surface area contributed by atoms with Crippen molar-refractivity contribution in [2.75, 3.05) is 5.32 Å². The van der Waals surface area contributed by atoms with Gasteiger partial charge in [-0.2, -0.15) is 13.2 Å². The van der Waals surface area contributed by atoms with E-state index >= 15 is 0 Å². The second-order valence-corrected chi connectivity index (χ2v) is 10.5. The predicted octanol–water partition coefficient (Wildman–Crippen LogP) is 6.57. The first-order valence-corrected chi connectivity index (χ1v) is 12.7. The van der Waals surface area contributed by atoms with E-state index in [0.717, 1.165) is 34.3 Å². The Bertz CT molecular complexity index is 1420. The van der Waals surface area contributed by atoms with Gasteiger partial charge in [-0.1, -0.05) is 24.6 Å². The lowest BCUT2D eigenvalue weighted by atomic mass is 9.63. The quantitative estimate of drug-likeness (QED) is 0.295. The minimum atomic E-state index is -4.47. The Morgan fingerprint density at radius 1 is 1.17 bits per heavy atom. The number of carbonyl (C=O) groups is 2. The van der Waals surface area contributed by atoms with Gasteiger partial charge >= 0.3 is 6.18 Å². The van der Waals surface area contributed by atoms with E-state index in [1.54, 1.807) is 29.1 Å². The lowest BCUT2D eigenvalue weighted by Crippen LogP contribution is -2.46. The maximum Gasteiger partial charge on any atom is 0.416 e. The number of hydrogen-bond donors (Lipinski definition) is 1. The van der Waals surface area contributed by atoms with Crippen LogP contribution < -0.4 is 5.32 Å². The zero-order valence-corrected chi connectivity index (χ0v) is 20.2. The molecule has 5 nitrogen and oxygen atoms in total. The summed E-state index contributed by atoms with van der Waals surface area (Å²) < 4.78 is 40.6. The Hall–Kier alpha value is -3.11. The van der Waals surface area contributed by atoms with Gasteiger partial charge in [0.25, 0.3) is 0 Å². The normalized spacial score (nSPS) is 15.1. The summed E-state index contributed by atoms with van der Waals surface area (Å²) in [5.41, 5.74) is 2.82. The number of nitrogens with one attached hydrogen (secondary N) is 1. The third-order valence-electron chi connectivity index (χ3n) is 6.40. The van der Waals surface area contributed by atoms with Gasteiger partial charge in [0.1, 0.15) is 10.7 Å². The number of rotatable bonds is 6. The van der Waals surface area contributed by atoms with Gasteiger partial charge < -0.3 is 5.32 Å². The number of amides is 1. The number of carbonyl (C=O) groups excluding carboxylic acids is 2. The van der Waals surface area contributed by atoms with Crippen molar-refractivity contribution in [2.24, 2.45) is 0 Å². The average molecular weight is 516 g/mol. The van der Waals surface area contributed by atoms with Crippen LogP contribution in [0.2, 0.25) is 0 Å². The fourth-order valence-corrected chi connectivity index (χ4v) is 6.03. The molecule has 5 rings (SSSR count). The zero-order valence-electron chi connectivity index (χ0n) is 18.6. The number of hydrogen-bond acceptors (Lipinski definition) is 6. The highest BCUT2D eigenvalue weighted by Gasteiger charge is 2.46. The number of Topliss-reactive ketones (excluding diaryl/α,β-unsaturated/α-hetero) is 1. The molecule has 2 heterocycles. The third-order valence-corrected chi connectivity index (χ3v) is 7.99. The Morgan fingerprint density at radius 2 is 1.97 bits per heavy atom. The van der Waals surface area contributed by atoms with E-state index in [1.807, 2.05) is 6.92 Å². The van der Waals surface area contributed by atoms with Crippen LogP contribution in [0.5, 0.6) is 0 Å². The number of anilines is 1. The van der Waals surface area contributed by atoms with Gasteiger partial charge in [0.2, 0.25) is 5.91 Å². The maximum atomic E-state index is 13.4. The van der Waals surface area contributed by atoms with E-state index in [2.05, 4.69) is 15.3 Å². The molecule has 2 aromatic heterocycles. The van der Waals surface area contributed by atoms with Gasteiger partial charge in [0, 0.05) is 11.1 Å². The molecule has 1 aliphatic rings.